The highest BCUT2D eigenvalue weighted by Crippen LogP contribution is 2.28. The fourth-order valence-corrected chi connectivity index (χ4v) is 4.63. The SMILES string of the molecule is CCOc1ccc(N=c2oc3c(OC)cccc3cc2S(=O)(=O)c2ccc(C)cc2)cc1. The molecule has 0 saturated heterocycles. The van der Waals surface area contributed by atoms with E-state index in [0.29, 0.717) is 34.8 Å². The molecule has 6 nitrogen and oxygen atoms in total. The first kappa shape index (κ1) is 21.6. The zero-order valence-corrected chi connectivity index (χ0v) is 18.8. The number of benzene rings is 3. The Bertz CT molecular complexity index is 1420. The van der Waals surface area contributed by atoms with Crippen molar-refractivity contribution >= 4 is 26.5 Å². The molecular formula is C25H23NO5S. The molecule has 0 amide bonds. The van der Waals surface area contributed by atoms with E-state index in [0.717, 1.165) is 5.56 Å². The van der Waals surface area contributed by atoms with Gasteiger partial charge in [0.25, 0.3) is 0 Å². The molecule has 0 aliphatic carbocycles. The van der Waals surface area contributed by atoms with Crippen molar-refractivity contribution in [3.63, 3.8) is 0 Å². The number of fused-ring (bicyclic) bond motifs is 1. The van der Waals surface area contributed by atoms with Gasteiger partial charge in [-0.2, -0.15) is 0 Å². The van der Waals surface area contributed by atoms with E-state index >= 15 is 0 Å². The smallest absolute Gasteiger partial charge is 0.239 e. The van der Waals surface area contributed by atoms with Gasteiger partial charge in [0.15, 0.2) is 11.3 Å². The summed E-state index contributed by atoms with van der Waals surface area (Å²) in [5, 5.41) is 0.598. The van der Waals surface area contributed by atoms with Gasteiger partial charge in [0, 0.05) is 5.39 Å². The Morgan fingerprint density at radius 1 is 0.969 bits per heavy atom. The van der Waals surface area contributed by atoms with Crippen LogP contribution in [0.3, 0.4) is 0 Å². The molecule has 0 fully saturated rings. The summed E-state index contributed by atoms with van der Waals surface area (Å²) in [7, 11) is -2.36. The quantitative estimate of drug-likeness (QED) is 0.404. The van der Waals surface area contributed by atoms with Gasteiger partial charge in [0.1, 0.15) is 10.6 Å². The van der Waals surface area contributed by atoms with Gasteiger partial charge in [-0.05, 0) is 62.4 Å². The Kier molecular flexibility index (Phi) is 6.01. The molecule has 0 spiro atoms. The van der Waals surface area contributed by atoms with Gasteiger partial charge in [-0.15, -0.1) is 0 Å². The van der Waals surface area contributed by atoms with E-state index in [2.05, 4.69) is 4.99 Å². The molecular weight excluding hydrogens is 426 g/mol. The second-order valence-corrected chi connectivity index (χ2v) is 9.07. The fraction of sp³-hybridized carbons (Fsp3) is 0.160. The van der Waals surface area contributed by atoms with Crippen LogP contribution >= 0.6 is 0 Å². The highest BCUT2D eigenvalue weighted by atomic mass is 32.2. The van der Waals surface area contributed by atoms with E-state index in [9.17, 15) is 8.42 Å². The Hall–Kier alpha value is -3.58. The van der Waals surface area contributed by atoms with E-state index in [4.69, 9.17) is 13.9 Å². The summed E-state index contributed by atoms with van der Waals surface area (Å²) in [6.07, 6.45) is 0. The Balaban J connectivity index is 1.97. The highest BCUT2D eigenvalue weighted by Gasteiger charge is 2.23. The summed E-state index contributed by atoms with van der Waals surface area (Å²) in [4.78, 5) is 4.67. The zero-order valence-electron chi connectivity index (χ0n) is 18.0. The molecule has 0 saturated carbocycles. The first-order chi connectivity index (χ1) is 15.4. The number of hydrogen-bond donors (Lipinski definition) is 0. The lowest BCUT2D eigenvalue weighted by Crippen LogP contribution is -2.16. The summed E-state index contributed by atoms with van der Waals surface area (Å²) >= 11 is 0. The molecule has 7 heteroatoms. The number of ether oxygens (including phenoxy) is 2. The number of aryl methyl sites for hydroxylation is 1. The average molecular weight is 450 g/mol. The van der Waals surface area contributed by atoms with Crippen LogP contribution in [0.1, 0.15) is 12.5 Å². The Labute approximate surface area is 186 Å². The first-order valence-electron chi connectivity index (χ1n) is 10.1. The van der Waals surface area contributed by atoms with Gasteiger partial charge in [0.2, 0.25) is 15.4 Å². The molecule has 0 N–H and O–H groups in total. The first-order valence-corrected chi connectivity index (χ1v) is 11.6. The standard InChI is InChI=1S/C25H23NO5S/c1-4-30-20-12-10-19(11-13-20)26-25-23(32(27,28)21-14-8-17(2)9-15-21)16-18-6-5-7-22(29-3)24(18)31-25/h5-16H,4H2,1-3H3. The van der Waals surface area contributed by atoms with Gasteiger partial charge in [-0.3, -0.25) is 0 Å². The number of para-hydroxylation sites is 1. The lowest BCUT2D eigenvalue weighted by atomic mass is 10.2. The second-order valence-electron chi connectivity index (χ2n) is 7.15. The van der Waals surface area contributed by atoms with Crippen LogP contribution in [0.2, 0.25) is 0 Å². The third-order valence-electron chi connectivity index (χ3n) is 4.92. The van der Waals surface area contributed by atoms with Crippen molar-refractivity contribution < 1.29 is 22.3 Å². The van der Waals surface area contributed by atoms with Crippen molar-refractivity contribution in [3.05, 3.63) is 83.9 Å². The van der Waals surface area contributed by atoms with Gasteiger partial charge in [-0.1, -0.05) is 29.8 Å². The summed E-state index contributed by atoms with van der Waals surface area (Å²) in [5.74, 6) is 1.20. The predicted molar refractivity (Wildman–Crippen MR) is 122 cm³/mol. The minimum atomic E-state index is -3.89. The Morgan fingerprint density at radius 2 is 1.69 bits per heavy atom. The minimum Gasteiger partial charge on any atom is -0.494 e. The number of sulfone groups is 1. The molecule has 4 rings (SSSR count). The lowest BCUT2D eigenvalue weighted by molar-refractivity contribution is 0.340. The van der Waals surface area contributed by atoms with E-state index < -0.39 is 9.84 Å². The maximum Gasteiger partial charge on any atom is 0.239 e. The Morgan fingerprint density at radius 3 is 2.34 bits per heavy atom. The maximum atomic E-state index is 13.5. The summed E-state index contributed by atoms with van der Waals surface area (Å²) in [6, 6.07) is 20.6. The molecule has 1 aromatic heterocycles. The van der Waals surface area contributed by atoms with E-state index in [1.165, 1.54) is 7.11 Å². The number of methoxy groups -OCH3 is 1. The zero-order chi connectivity index (χ0) is 22.7. The molecule has 3 aromatic carbocycles. The highest BCUT2D eigenvalue weighted by molar-refractivity contribution is 7.91. The number of rotatable bonds is 6. The van der Waals surface area contributed by atoms with Crippen molar-refractivity contribution in [2.24, 2.45) is 4.99 Å². The monoisotopic (exact) mass is 449 g/mol. The molecule has 164 valence electrons. The molecule has 0 aliphatic heterocycles. The van der Waals surface area contributed by atoms with Crippen molar-refractivity contribution in [3.8, 4) is 11.5 Å². The fourth-order valence-electron chi connectivity index (χ4n) is 3.28. The lowest BCUT2D eigenvalue weighted by Gasteiger charge is -2.09. The average Bonchev–Trinajstić information content (AvgIpc) is 2.80. The van der Waals surface area contributed by atoms with Crippen molar-refractivity contribution in [1.82, 2.24) is 0 Å². The summed E-state index contributed by atoms with van der Waals surface area (Å²) in [6.45, 7) is 4.36. The molecule has 0 atom stereocenters. The molecule has 0 radical (unpaired) electrons. The predicted octanol–water partition coefficient (Wildman–Crippen LogP) is 5.21. The minimum absolute atomic E-state index is 0.0176. The van der Waals surface area contributed by atoms with Gasteiger partial charge in [0.05, 0.1) is 24.3 Å². The van der Waals surface area contributed by atoms with Gasteiger partial charge in [-0.25, -0.2) is 13.4 Å². The number of nitrogens with zero attached hydrogens (tertiary/aromatic N) is 1. The van der Waals surface area contributed by atoms with Crippen LogP contribution in [-0.4, -0.2) is 22.1 Å². The van der Waals surface area contributed by atoms with Crippen LogP contribution in [0.15, 0.2) is 92.0 Å². The normalized spacial score (nSPS) is 12.2. The molecule has 0 bridgehead atoms. The van der Waals surface area contributed by atoms with E-state index in [1.54, 1.807) is 72.8 Å². The van der Waals surface area contributed by atoms with Crippen LogP contribution in [0.5, 0.6) is 11.5 Å². The van der Waals surface area contributed by atoms with E-state index in [1.807, 2.05) is 13.8 Å². The van der Waals surface area contributed by atoms with Crippen LogP contribution in [0.25, 0.3) is 11.0 Å². The number of hydrogen-bond acceptors (Lipinski definition) is 6. The molecule has 0 unspecified atom stereocenters. The van der Waals surface area contributed by atoms with Crippen molar-refractivity contribution in [2.75, 3.05) is 13.7 Å². The summed E-state index contributed by atoms with van der Waals surface area (Å²) < 4.78 is 43.9. The maximum absolute atomic E-state index is 13.5. The third-order valence-corrected chi connectivity index (χ3v) is 6.69. The van der Waals surface area contributed by atoms with Crippen LogP contribution in [-0.2, 0) is 9.84 Å². The van der Waals surface area contributed by atoms with Gasteiger partial charge < -0.3 is 13.9 Å². The molecule has 4 aromatic rings. The molecule has 32 heavy (non-hydrogen) atoms. The van der Waals surface area contributed by atoms with Crippen LogP contribution in [0, 0.1) is 6.92 Å². The van der Waals surface area contributed by atoms with Crippen LogP contribution in [0.4, 0.5) is 5.69 Å². The van der Waals surface area contributed by atoms with Crippen molar-refractivity contribution in [1.29, 1.82) is 0 Å². The third kappa shape index (κ3) is 4.24. The molecule has 1 heterocycles. The van der Waals surface area contributed by atoms with E-state index in [-0.39, 0.29) is 15.3 Å². The second kappa shape index (κ2) is 8.88. The summed E-state index contributed by atoms with van der Waals surface area (Å²) in [5.41, 5.74) is 1.90. The van der Waals surface area contributed by atoms with Gasteiger partial charge >= 0.3 is 0 Å². The molecule has 0 aliphatic rings. The van der Waals surface area contributed by atoms with Crippen LogP contribution < -0.4 is 15.0 Å². The largest absolute Gasteiger partial charge is 0.494 e. The topological polar surface area (TPSA) is 78.1 Å². The van der Waals surface area contributed by atoms with Crippen molar-refractivity contribution in [2.45, 2.75) is 23.6 Å².